The largest absolute Gasteiger partial charge is 0.458 e. The van der Waals surface area contributed by atoms with Crippen LogP contribution in [0.2, 0.25) is 0 Å². The van der Waals surface area contributed by atoms with Gasteiger partial charge >= 0.3 is 0 Å². The number of benzene rings is 1. The Morgan fingerprint density at radius 2 is 1.65 bits per heavy atom. The summed E-state index contributed by atoms with van der Waals surface area (Å²) in [7, 11) is 0. The van der Waals surface area contributed by atoms with Crippen molar-refractivity contribution >= 4 is 5.95 Å². The van der Waals surface area contributed by atoms with Crippen LogP contribution >= 0.6 is 0 Å². The second-order valence-corrected chi connectivity index (χ2v) is 5.60. The highest BCUT2D eigenvalue weighted by atomic mass is 16.5. The van der Waals surface area contributed by atoms with Gasteiger partial charge in [-0.25, -0.2) is 9.97 Å². The van der Waals surface area contributed by atoms with E-state index in [1.807, 2.05) is 18.2 Å². The molecule has 2 aliphatic rings. The number of aromatic nitrogens is 2. The summed E-state index contributed by atoms with van der Waals surface area (Å²) in [5.41, 5.74) is 1.23. The molecule has 0 spiro atoms. The van der Waals surface area contributed by atoms with E-state index in [2.05, 4.69) is 25.8 Å². The van der Waals surface area contributed by atoms with E-state index in [1.54, 1.807) is 24.9 Å². The first kappa shape index (κ1) is 14.0. The van der Waals surface area contributed by atoms with Gasteiger partial charge in [-0.2, -0.15) is 0 Å². The molecular weight excluding hydrogens is 292 g/mol. The molecule has 0 atom stereocenters. The van der Waals surface area contributed by atoms with Crippen molar-refractivity contribution < 1.29 is 9.47 Å². The Bertz CT molecular complexity index is 697. The fourth-order valence-electron chi connectivity index (χ4n) is 2.86. The Balaban J connectivity index is 1.36. The van der Waals surface area contributed by atoms with Crippen molar-refractivity contribution in [3.63, 3.8) is 0 Å². The molecule has 0 N–H and O–H groups in total. The van der Waals surface area contributed by atoms with E-state index in [9.17, 15) is 0 Å². The Hall–Kier alpha value is -2.60. The van der Waals surface area contributed by atoms with E-state index in [-0.39, 0.29) is 0 Å². The summed E-state index contributed by atoms with van der Waals surface area (Å²) in [5, 5.41) is 0. The summed E-state index contributed by atoms with van der Waals surface area (Å²) in [4.78, 5) is 13.3. The smallest absolute Gasteiger partial charge is 0.225 e. The minimum absolute atomic E-state index is 0.766. The average Bonchev–Trinajstić information content (AvgIpc) is 2.63. The molecule has 2 aliphatic heterocycles. The van der Waals surface area contributed by atoms with Gasteiger partial charge in [-0.1, -0.05) is 6.07 Å². The summed E-state index contributed by atoms with van der Waals surface area (Å²) in [5.74, 6) is 2.36. The summed E-state index contributed by atoms with van der Waals surface area (Å²) >= 11 is 0. The Labute approximate surface area is 135 Å². The molecule has 118 valence electrons. The topological polar surface area (TPSA) is 50.7 Å². The molecule has 6 nitrogen and oxygen atoms in total. The van der Waals surface area contributed by atoms with Crippen molar-refractivity contribution in [1.29, 1.82) is 0 Å². The van der Waals surface area contributed by atoms with Crippen LogP contribution in [0.4, 0.5) is 5.95 Å². The van der Waals surface area contributed by atoms with E-state index in [1.165, 1.54) is 5.56 Å². The van der Waals surface area contributed by atoms with Gasteiger partial charge in [-0.05, 0) is 23.8 Å². The summed E-state index contributed by atoms with van der Waals surface area (Å²) in [6, 6.07) is 7.94. The van der Waals surface area contributed by atoms with E-state index >= 15 is 0 Å². The van der Waals surface area contributed by atoms with E-state index < -0.39 is 0 Å². The lowest BCUT2D eigenvalue weighted by molar-refractivity contribution is 0.248. The van der Waals surface area contributed by atoms with Crippen molar-refractivity contribution in [2.24, 2.45) is 0 Å². The minimum atomic E-state index is 0.766. The first-order chi connectivity index (χ1) is 11.4. The molecule has 1 aromatic carbocycles. The van der Waals surface area contributed by atoms with Crippen molar-refractivity contribution in [3.05, 3.63) is 54.7 Å². The molecule has 0 bridgehead atoms. The summed E-state index contributed by atoms with van der Waals surface area (Å²) < 4.78 is 10.9. The highest BCUT2D eigenvalue weighted by Crippen LogP contribution is 2.31. The molecule has 4 rings (SSSR count). The van der Waals surface area contributed by atoms with Gasteiger partial charge in [0.15, 0.2) is 11.5 Å². The summed E-state index contributed by atoms with van der Waals surface area (Å²) in [6.45, 7) is 4.78. The predicted octanol–water partition coefficient (Wildman–Crippen LogP) is 2.04. The molecular formula is C17H18N4O2. The normalized spacial score (nSPS) is 17.3. The lowest BCUT2D eigenvalue weighted by Gasteiger charge is -2.34. The molecule has 1 saturated heterocycles. The third-order valence-corrected chi connectivity index (χ3v) is 4.07. The lowest BCUT2D eigenvalue weighted by atomic mass is 10.1. The van der Waals surface area contributed by atoms with E-state index in [0.717, 1.165) is 50.2 Å². The second kappa shape index (κ2) is 6.26. The van der Waals surface area contributed by atoms with Crippen molar-refractivity contribution in [1.82, 2.24) is 14.9 Å². The van der Waals surface area contributed by atoms with Crippen LogP contribution in [0.15, 0.2) is 49.2 Å². The molecule has 6 heteroatoms. The van der Waals surface area contributed by atoms with E-state index in [0.29, 0.717) is 0 Å². The predicted molar refractivity (Wildman–Crippen MR) is 86.4 cm³/mol. The zero-order valence-electron chi connectivity index (χ0n) is 12.8. The SMILES string of the molecule is C1=COc2cc(CN3CCN(c4ncccn4)CC3)ccc2O1. The summed E-state index contributed by atoms with van der Waals surface area (Å²) in [6.07, 6.45) is 6.69. The third kappa shape index (κ3) is 3.12. The monoisotopic (exact) mass is 310 g/mol. The van der Waals surface area contributed by atoms with Gasteiger partial charge in [-0.15, -0.1) is 0 Å². The number of hydrogen-bond donors (Lipinski definition) is 0. The molecule has 0 saturated carbocycles. The van der Waals surface area contributed by atoms with Crippen molar-refractivity contribution in [3.8, 4) is 11.5 Å². The molecule has 0 amide bonds. The molecule has 1 fully saturated rings. The number of ether oxygens (including phenoxy) is 2. The molecule has 1 aromatic heterocycles. The van der Waals surface area contributed by atoms with Crippen molar-refractivity contribution in [2.75, 3.05) is 31.1 Å². The van der Waals surface area contributed by atoms with Crippen LogP contribution in [0.1, 0.15) is 5.56 Å². The van der Waals surface area contributed by atoms with Crippen LogP contribution in [0.25, 0.3) is 0 Å². The zero-order valence-corrected chi connectivity index (χ0v) is 12.8. The quantitative estimate of drug-likeness (QED) is 0.865. The maximum absolute atomic E-state index is 5.48. The number of rotatable bonds is 3. The van der Waals surface area contributed by atoms with Crippen molar-refractivity contribution in [2.45, 2.75) is 6.54 Å². The van der Waals surface area contributed by atoms with Gasteiger partial charge in [0.05, 0.1) is 0 Å². The van der Waals surface area contributed by atoms with Crippen LogP contribution in [-0.2, 0) is 6.54 Å². The van der Waals surface area contributed by atoms with Gasteiger partial charge in [-0.3, -0.25) is 4.90 Å². The Morgan fingerprint density at radius 3 is 2.43 bits per heavy atom. The minimum Gasteiger partial charge on any atom is -0.458 e. The van der Waals surface area contributed by atoms with Crippen LogP contribution in [0.3, 0.4) is 0 Å². The van der Waals surface area contributed by atoms with Crippen LogP contribution in [-0.4, -0.2) is 41.0 Å². The number of nitrogens with zero attached hydrogens (tertiary/aromatic N) is 4. The van der Waals surface area contributed by atoms with Gasteiger partial charge in [0.2, 0.25) is 5.95 Å². The molecule has 3 heterocycles. The maximum atomic E-state index is 5.48. The molecule has 23 heavy (non-hydrogen) atoms. The Morgan fingerprint density at radius 1 is 0.913 bits per heavy atom. The van der Waals surface area contributed by atoms with Gasteiger partial charge in [0.1, 0.15) is 12.5 Å². The maximum Gasteiger partial charge on any atom is 0.225 e. The van der Waals surface area contributed by atoms with Crippen LogP contribution in [0, 0.1) is 0 Å². The third-order valence-electron chi connectivity index (χ3n) is 4.07. The zero-order chi connectivity index (χ0) is 15.5. The fraction of sp³-hybridized carbons (Fsp3) is 0.294. The highest BCUT2D eigenvalue weighted by Gasteiger charge is 2.19. The number of hydrogen-bond acceptors (Lipinski definition) is 6. The van der Waals surface area contributed by atoms with Gasteiger partial charge in [0.25, 0.3) is 0 Å². The van der Waals surface area contributed by atoms with Crippen LogP contribution in [0.5, 0.6) is 11.5 Å². The standard InChI is InChI=1S/C17H18N4O2/c1-4-18-17(19-5-1)21-8-6-20(7-9-21)13-14-2-3-15-16(12-14)23-11-10-22-15/h1-5,10-12H,6-9,13H2. The van der Waals surface area contributed by atoms with Gasteiger partial charge in [0, 0.05) is 45.1 Å². The molecule has 0 unspecified atom stereocenters. The fourth-order valence-corrected chi connectivity index (χ4v) is 2.86. The number of piperazine rings is 1. The average molecular weight is 310 g/mol. The van der Waals surface area contributed by atoms with Crippen LogP contribution < -0.4 is 14.4 Å². The number of anilines is 1. The molecule has 0 aliphatic carbocycles. The molecule has 0 radical (unpaired) electrons. The number of fused-ring (bicyclic) bond motifs is 1. The highest BCUT2D eigenvalue weighted by molar-refractivity contribution is 5.44. The second-order valence-electron chi connectivity index (χ2n) is 5.60. The first-order valence-electron chi connectivity index (χ1n) is 7.74. The lowest BCUT2D eigenvalue weighted by Crippen LogP contribution is -2.46. The molecule has 2 aromatic rings. The first-order valence-corrected chi connectivity index (χ1v) is 7.74. The Kier molecular flexibility index (Phi) is 3.81. The van der Waals surface area contributed by atoms with Gasteiger partial charge < -0.3 is 14.4 Å². The van der Waals surface area contributed by atoms with E-state index in [4.69, 9.17) is 9.47 Å².